The second-order valence-corrected chi connectivity index (χ2v) is 7.32. The third-order valence-corrected chi connectivity index (χ3v) is 5.27. The summed E-state index contributed by atoms with van der Waals surface area (Å²) in [6, 6.07) is 3.35. The molecular formula is C16H23BClNO4. The standard InChI is InChI=1S/C16H23BClNO4/c1-9-11(10(2)19-14(20)21)7-8-12(13(9)18)17-22-15(3,4)16(5,6)23-17/h7-8,10,19H,1-6H3,(H,20,21). The Morgan fingerprint density at radius 3 is 2.26 bits per heavy atom. The summed E-state index contributed by atoms with van der Waals surface area (Å²) in [6.07, 6.45) is -1.07. The van der Waals surface area contributed by atoms with E-state index in [2.05, 4.69) is 5.32 Å². The van der Waals surface area contributed by atoms with Crippen LogP contribution < -0.4 is 10.8 Å². The Balaban J connectivity index is 2.33. The first-order valence-electron chi connectivity index (χ1n) is 7.60. The van der Waals surface area contributed by atoms with Gasteiger partial charge in [-0.15, -0.1) is 0 Å². The smallest absolute Gasteiger partial charge is 0.465 e. The predicted molar refractivity (Wildman–Crippen MR) is 91.5 cm³/mol. The molecule has 1 atom stereocenters. The van der Waals surface area contributed by atoms with E-state index in [0.29, 0.717) is 5.02 Å². The van der Waals surface area contributed by atoms with Gasteiger partial charge in [0, 0.05) is 10.5 Å². The molecule has 0 radical (unpaired) electrons. The van der Waals surface area contributed by atoms with Crippen LogP contribution in [0, 0.1) is 6.92 Å². The van der Waals surface area contributed by atoms with Crippen LogP contribution in [0.5, 0.6) is 0 Å². The minimum Gasteiger partial charge on any atom is -0.465 e. The van der Waals surface area contributed by atoms with Gasteiger partial charge in [0.1, 0.15) is 0 Å². The van der Waals surface area contributed by atoms with E-state index >= 15 is 0 Å². The first-order valence-corrected chi connectivity index (χ1v) is 7.98. The fourth-order valence-electron chi connectivity index (χ4n) is 2.61. The summed E-state index contributed by atoms with van der Waals surface area (Å²) in [6.45, 7) is 11.6. The molecular weight excluding hydrogens is 316 g/mol. The molecule has 1 aliphatic rings. The molecule has 0 bridgehead atoms. The highest BCUT2D eigenvalue weighted by Crippen LogP contribution is 2.37. The molecule has 1 aliphatic heterocycles. The van der Waals surface area contributed by atoms with Crippen LogP contribution in [0.3, 0.4) is 0 Å². The summed E-state index contributed by atoms with van der Waals surface area (Å²) in [5.74, 6) is 0. The third kappa shape index (κ3) is 3.34. The molecule has 126 valence electrons. The van der Waals surface area contributed by atoms with Gasteiger partial charge in [-0.1, -0.05) is 23.7 Å². The van der Waals surface area contributed by atoms with E-state index in [9.17, 15) is 4.79 Å². The molecule has 1 amide bonds. The van der Waals surface area contributed by atoms with Crippen molar-refractivity contribution in [2.75, 3.05) is 0 Å². The molecule has 1 unspecified atom stereocenters. The van der Waals surface area contributed by atoms with E-state index in [0.717, 1.165) is 16.6 Å². The number of carbonyl (C=O) groups is 1. The van der Waals surface area contributed by atoms with Crippen LogP contribution in [-0.4, -0.2) is 29.5 Å². The monoisotopic (exact) mass is 339 g/mol. The van der Waals surface area contributed by atoms with Gasteiger partial charge in [-0.3, -0.25) is 0 Å². The lowest BCUT2D eigenvalue weighted by molar-refractivity contribution is 0.00578. The number of amides is 1. The van der Waals surface area contributed by atoms with Crippen molar-refractivity contribution in [1.29, 1.82) is 0 Å². The SMILES string of the molecule is Cc1c(C(C)NC(=O)O)ccc(B2OC(C)(C)C(C)(C)O2)c1Cl. The maximum Gasteiger partial charge on any atom is 0.496 e. The molecule has 7 heteroatoms. The quantitative estimate of drug-likeness (QED) is 0.829. The zero-order chi connectivity index (χ0) is 17.6. The molecule has 1 heterocycles. The van der Waals surface area contributed by atoms with Crippen LogP contribution in [0.1, 0.15) is 51.8 Å². The predicted octanol–water partition coefficient (Wildman–Crippen LogP) is 3.28. The molecule has 0 aromatic heterocycles. The summed E-state index contributed by atoms with van der Waals surface area (Å²) >= 11 is 6.51. The van der Waals surface area contributed by atoms with E-state index in [4.69, 9.17) is 26.0 Å². The molecule has 1 aromatic rings. The Morgan fingerprint density at radius 1 is 1.26 bits per heavy atom. The van der Waals surface area contributed by atoms with Crippen LogP contribution in [0.15, 0.2) is 12.1 Å². The summed E-state index contributed by atoms with van der Waals surface area (Å²) in [4.78, 5) is 10.8. The van der Waals surface area contributed by atoms with Crippen LogP contribution >= 0.6 is 11.6 Å². The number of carboxylic acid groups (broad SMARTS) is 1. The van der Waals surface area contributed by atoms with E-state index < -0.39 is 24.4 Å². The molecule has 0 spiro atoms. The van der Waals surface area contributed by atoms with Gasteiger partial charge in [0.15, 0.2) is 0 Å². The highest BCUT2D eigenvalue weighted by Gasteiger charge is 2.52. The van der Waals surface area contributed by atoms with Crippen LogP contribution in [0.4, 0.5) is 4.79 Å². The van der Waals surface area contributed by atoms with Crippen molar-refractivity contribution in [3.63, 3.8) is 0 Å². The van der Waals surface area contributed by atoms with Gasteiger partial charge in [0.25, 0.3) is 0 Å². The molecule has 2 rings (SSSR count). The molecule has 2 N–H and O–H groups in total. The largest absolute Gasteiger partial charge is 0.496 e. The molecule has 1 fully saturated rings. The molecule has 5 nitrogen and oxygen atoms in total. The van der Waals surface area contributed by atoms with Gasteiger partial charge in [-0.2, -0.15) is 0 Å². The Labute approximate surface area is 142 Å². The third-order valence-electron chi connectivity index (χ3n) is 4.77. The van der Waals surface area contributed by atoms with Gasteiger partial charge < -0.3 is 19.7 Å². The van der Waals surface area contributed by atoms with Crippen LogP contribution in [0.2, 0.25) is 5.02 Å². The van der Waals surface area contributed by atoms with E-state index in [-0.39, 0.29) is 6.04 Å². The topological polar surface area (TPSA) is 67.8 Å². The maximum atomic E-state index is 10.8. The Hall–Kier alpha value is -1.24. The van der Waals surface area contributed by atoms with Gasteiger partial charge >= 0.3 is 13.2 Å². The van der Waals surface area contributed by atoms with E-state index in [1.807, 2.05) is 46.8 Å². The van der Waals surface area contributed by atoms with E-state index in [1.54, 1.807) is 6.92 Å². The number of hydrogen-bond donors (Lipinski definition) is 2. The summed E-state index contributed by atoms with van der Waals surface area (Å²) in [5.41, 5.74) is 1.53. The highest BCUT2D eigenvalue weighted by atomic mass is 35.5. The van der Waals surface area contributed by atoms with Crippen molar-refractivity contribution in [2.24, 2.45) is 0 Å². The minimum atomic E-state index is -1.07. The summed E-state index contributed by atoms with van der Waals surface area (Å²) in [7, 11) is -0.539. The molecule has 0 aliphatic carbocycles. The van der Waals surface area contributed by atoms with Gasteiger partial charge in [0.05, 0.1) is 17.2 Å². The number of benzene rings is 1. The number of hydrogen-bond acceptors (Lipinski definition) is 3. The Morgan fingerprint density at radius 2 is 1.78 bits per heavy atom. The molecule has 1 saturated heterocycles. The molecule has 0 saturated carbocycles. The van der Waals surface area contributed by atoms with Crippen molar-refractivity contribution in [3.8, 4) is 0 Å². The highest BCUT2D eigenvalue weighted by molar-refractivity contribution is 6.65. The number of halogens is 1. The van der Waals surface area contributed by atoms with Crippen molar-refractivity contribution < 1.29 is 19.2 Å². The average Bonchev–Trinajstić information content (AvgIpc) is 2.60. The number of nitrogens with one attached hydrogen (secondary N) is 1. The lowest BCUT2D eigenvalue weighted by Gasteiger charge is -2.32. The van der Waals surface area contributed by atoms with Crippen molar-refractivity contribution in [3.05, 3.63) is 28.3 Å². The van der Waals surface area contributed by atoms with Crippen molar-refractivity contribution in [2.45, 2.75) is 58.8 Å². The fourth-order valence-corrected chi connectivity index (χ4v) is 2.87. The van der Waals surface area contributed by atoms with Gasteiger partial charge in [-0.25, -0.2) is 4.79 Å². The number of rotatable bonds is 3. The first-order chi connectivity index (χ1) is 10.5. The first kappa shape index (κ1) is 18.1. The van der Waals surface area contributed by atoms with Crippen molar-refractivity contribution >= 4 is 30.3 Å². The fraction of sp³-hybridized carbons (Fsp3) is 0.562. The van der Waals surface area contributed by atoms with Crippen LogP contribution in [0.25, 0.3) is 0 Å². The summed E-state index contributed by atoms with van der Waals surface area (Å²) < 4.78 is 12.1. The lowest BCUT2D eigenvalue weighted by Crippen LogP contribution is -2.41. The lowest BCUT2D eigenvalue weighted by atomic mass is 9.77. The molecule has 23 heavy (non-hydrogen) atoms. The zero-order valence-electron chi connectivity index (χ0n) is 14.4. The zero-order valence-corrected chi connectivity index (χ0v) is 15.1. The molecule has 1 aromatic carbocycles. The normalized spacial score (nSPS) is 20.4. The maximum absolute atomic E-state index is 10.8. The minimum absolute atomic E-state index is 0.350. The summed E-state index contributed by atoms with van der Waals surface area (Å²) in [5, 5.41) is 11.8. The van der Waals surface area contributed by atoms with E-state index in [1.165, 1.54) is 0 Å². The second-order valence-electron chi connectivity index (χ2n) is 6.94. The van der Waals surface area contributed by atoms with Gasteiger partial charge in [-0.05, 0) is 52.7 Å². The second kappa shape index (κ2) is 6.00. The Bertz CT molecular complexity index is 617. The Kier molecular flexibility index (Phi) is 4.73. The van der Waals surface area contributed by atoms with Crippen molar-refractivity contribution in [1.82, 2.24) is 5.32 Å². The van der Waals surface area contributed by atoms with Gasteiger partial charge in [0.2, 0.25) is 0 Å². The average molecular weight is 340 g/mol. The van der Waals surface area contributed by atoms with Crippen LogP contribution in [-0.2, 0) is 9.31 Å².